The Balaban J connectivity index is 1.30. The number of aromatic nitrogens is 1. The van der Waals surface area contributed by atoms with Crippen LogP contribution in [0.25, 0.3) is 0 Å². The number of anilines is 1. The lowest BCUT2D eigenvalue weighted by Gasteiger charge is -2.35. The van der Waals surface area contributed by atoms with Crippen molar-refractivity contribution in [1.29, 1.82) is 0 Å². The summed E-state index contributed by atoms with van der Waals surface area (Å²) in [4.78, 5) is 6.90. The molecule has 0 atom stereocenters. The van der Waals surface area contributed by atoms with Crippen LogP contribution in [0.2, 0.25) is 0 Å². The van der Waals surface area contributed by atoms with Gasteiger partial charge in [-0.2, -0.15) is 0 Å². The van der Waals surface area contributed by atoms with Crippen LogP contribution in [0.15, 0.2) is 24.4 Å². The zero-order valence-electron chi connectivity index (χ0n) is 12.2. The fourth-order valence-electron chi connectivity index (χ4n) is 3.66. The Morgan fingerprint density at radius 1 is 1.00 bits per heavy atom. The second kappa shape index (κ2) is 5.36. The van der Waals surface area contributed by atoms with Gasteiger partial charge in [0.1, 0.15) is 5.82 Å². The fourth-order valence-corrected chi connectivity index (χ4v) is 3.66. The number of hydrogen-bond donors (Lipinski definition) is 1. The Bertz CT molecular complexity index is 419. The highest BCUT2D eigenvalue weighted by Crippen LogP contribution is 2.45. The van der Waals surface area contributed by atoms with Crippen LogP contribution < -0.4 is 10.2 Å². The molecular weight excluding hydrogens is 246 g/mol. The molecule has 0 spiro atoms. The van der Waals surface area contributed by atoms with Crippen molar-refractivity contribution in [2.75, 3.05) is 18.0 Å². The highest BCUT2D eigenvalue weighted by atomic mass is 15.2. The monoisotopic (exact) mass is 271 g/mol. The first-order valence-corrected chi connectivity index (χ1v) is 8.32. The van der Waals surface area contributed by atoms with E-state index in [1.54, 1.807) is 0 Å². The van der Waals surface area contributed by atoms with Crippen LogP contribution in [0.3, 0.4) is 0 Å². The van der Waals surface area contributed by atoms with E-state index in [1.807, 2.05) is 12.3 Å². The quantitative estimate of drug-likeness (QED) is 0.892. The average molecular weight is 271 g/mol. The first kappa shape index (κ1) is 12.6. The molecule has 4 rings (SSSR count). The van der Waals surface area contributed by atoms with Gasteiger partial charge in [0.05, 0.1) is 0 Å². The van der Waals surface area contributed by atoms with Crippen molar-refractivity contribution in [1.82, 2.24) is 10.3 Å². The summed E-state index contributed by atoms with van der Waals surface area (Å²) in [5.41, 5.74) is 0. The topological polar surface area (TPSA) is 28.2 Å². The molecule has 1 N–H and O–H groups in total. The van der Waals surface area contributed by atoms with E-state index in [9.17, 15) is 0 Å². The summed E-state index contributed by atoms with van der Waals surface area (Å²) in [5, 5.41) is 4.00. The molecule has 1 aliphatic heterocycles. The van der Waals surface area contributed by atoms with Crippen LogP contribution in [-0.2, 0) is 0 Å². The normalized spacial score (nSPS) is 24.4. The van der Waals surface area contributed by atoms with Crippen molar-refractivity contribution >= 4 is 5.82 Å². The minimum Gasteiger partial charge on any atom is -0.357 e. The molecule has 0 amide bonds. The number of rotatable bonds is 5. The third kappa shape index (κ3) is 2.83. The zero-order chi connectivity index (χ0) is 13.4. The van der Waals surface area contributed by atoms with Crippen molar-refractivity contribution in [2.45, 2.75) is 50.6 Å². The van der Waals surface area contributed by atoms with Gasteiger partial charge in [-0.25, -0.2) is 4.98 Å². The minimum atomic E-state index is 0.737. The zero-order valence-corrected chi connectivity index (χ0v) is 12.2. The van der Waals surface area contributed by atoms with Crippen molar-refractivity contribution in [3.8, 4) is 0 Å². The number of hydrogen-bond acceptors (Lipinski definition) is 3. The van der Waals surface area contributed by atoms with Crippen LogP contribution >= 0.6 is 0 Å². The molecule has 1 aromatic rings. The van der Waals surface area contributed by atoms with Crippen LogP contribution in [0.4, 0.5) is 5.82 Å². The van der Waals surface area contributed by atoms with E-state index in [4.69, 9.17) is 0 Å². The maximum Gasteiger partial charge on any atom is 0.128 e. The molecule has 2 heterocycles. The summed E-state index contributed by atoms with van der Waals surface area (Å²) in [6, 6.07) is 7.80. The standard InChI is InChI=1S/C17H25N3/c1-2-10-18-16(3-1)20-11-8-15(9-12-20)19-17(13-4-5-13)14-6-7-14/h1-3,10,13-15,17,19H,4-9,11-12H2. The van der Waals surface area contributed by atoms with Crippen LogP contribution in [0.5, 0.6) is 0 Å². The van der Waals surface area contributed by atoms with E-state index in [0.717, 1.165) is 42.8 Å². The molecular formula is C17H25N3. The van der Waals surface area contributed by atoms with Gasteiger partial charge in [-0.1, -0.05) is 6.07 Å². The summed E-state index contributed by atoms with van der Waals surface area (Å²) in [7, 11) is 0. The summed E-state index contributed by atoms with van der Waals surface area (Å²) in [6.45, 7) is 2.30. The molecule has 20 heavy (non-hydrogen) atoms. The van der Waals surface area contributed by atoms with Gasteiger partial charge >= 0.3 is 0 Å². The van der Waals surface area contributed by atoms with Gasteiger partial charge in [0, 0.05) is 31.4 Å². The average Bonchev–Trinajstić information content (AvgIpc) is 3.40. The molecule has 3 nitrogen and oxygen atoms in total. The molecule has 1 aromatic heterocycles. The predicted molar refractivity (Wildman–Crippen MR) is 81.8 cm³/mol. The third-order valence-electron chi connectivity index (χ3n) is 5.16. The smallest absolute Gasteiger partial charge is 0.128 e. The Morgan fingerprint density at radius 2 is 1.70 bits per heavy atom. The van der Waals surface area contributed by atoms with Gasteiger partial charge < -0.3 is 10.2 Å². The number of pyridine rings is 1. The second-order valence-corrected chi connectivity index (χ2v) is 6.82. The van der Waals surface area contributed by atoms with Gasteiger partial charge in [0.2, 0.25) is 0 Å². The molecule has 108 valence electrons. The SMILES string of the molecule is c1ccc(N2CCC(NC(C3CC3)C3CC3)CC2)nc1. The maximum atomic E-state index is 4.47. The first-order chi connectivity index (χ1) is 9.90. The molecule has 3 fully saturated rings. The van der Waals surface area contributed by atoms with Crippen molar-refractivity contribution in [2.24, 2.45) is 11.8 Å². The van der Waals surface area contributed by atoms with Crippen molar-refractivity contribution < 1.29 is 0 Å². The van der Waals surface area contributed by atoms with Crippen LogP contribution in [-0.4, -0.2) is 30.2 Å². The molecule has 0 aromatic carbocycles. The molecule has 0 bridgehead atoms. The van der Waals surface area contributed by atoms with Gasteiger partial charge in [-0.15, -0.1) is 0 Å². The molecule has 1 saturated heterocycles. The van der Waals surface area contributed by atoms with E-state index in [-0.39, 0.29) is 0 Å². The Hall–Kier alpha value is -1.09. The minimum absolute atomic E-state index is 0.737. The molecule has 0 unspecified atom stereocenters. The Labute approximate surface area is 121 Å². The van der Waals surface area contributed by atoms with E-state index < -0.39 is 0 Å². The number of nitrogens with zero attached hydrogens (tertiary/aromatic N) is 2. The van der Waals surface area contributed by atoms with E-state index in [2.05, 4.69) is 27.3 Å². The van der Waals surface area contributed by atoms with Crippen molar-refractivity contribution in [3.05, 3.63) is 24.4 Å². The molecule has 0 radical (unpaired) electrons. The van der Waals surface area contributed by atoms with Crippen molar-refractivity contribution in [3.63, 3.8) is 0 Å². The van der Waals surface area contributed by atoms with E-state index in [0.29, 0.717) is 0 Å². The summed E-state index contributed by atoms with van der Waals surface area (Å²) in [5.74, 6) is 3.17. The summed E-state index contributed by atoms with van der Waals surface area (Å²) < 4.78 is 0. The lowest BCUT2D eigenvalue weighted by atomic mass is 10.0. The van der Waals surface area contributed by atoms with E-state index >= 15 is 0 Å². The number of piperidine rings is 1. The lowest BCUT2D eigenvalue weighted by Crippen LogP contribution is -2.47. The second-order valence-electron chi connectivity index (χ2n) is 6.82. The van der Waals surface area contributed by atoms with Gasteiger partial charge in [0.15, 0.2) is 0 Å². The first-order valence-electron chi connectivity index (χ1n) is 8.32. The molecule has 2 aliphatic carbocycles. The highest BCUT2D eigenvalue weighted by Gasteiger charge is 2.42. The van der Waals surface area contributed by atoms with E-state index in [1.165, 1.54) is 38.5 Å². The highest BCUT2D eigenvalue weighted by molar-refractivity contribution is 5.38. The molecule has 3 aliphatic rings. The van der Waals surface area contributed by atoms with Gasteiger partial charge in [-0.3, -0.25) is 0 Å². The summed E-state index contributed by atoms with van der Waals surface area (Å²) in [6.07, 6.45) is 10.3. The molecule has 2 saturated carbocycles. The number of nitrogens with one attached hydrogen (secondary N) is 1. The van der Waals surface area contributed by atoms with Crippen LogP contribution in [0, 0.1) is 11.8 Å². The van der Waals surface area contributed by atoms with Crippen LogP contribution in [0.1, 0.15) is 38.5 Å². The lowest BCUT2D eigenvalue weighted by molar-refractivity contribution is 0.322. The van der Waals surface area contributed by atoms with Gasteiger partial charge in [-0.05, 0) is 62.5 Å². The largest absolute Gasteiger partial charge is 0.357 e. The predicted octanol–water partition coefficient (Wildman–Crippen LogP) is 2.83. The Morgan fingerprint density at radius 3 is 2.25 bits per heavy atom. The fraction of sp³-hybridized carbons (Fsp3) is 0.706. The summed E-state index contributed by atoms with van der Waals surface area (Å²) >= 11 is 0. The Kier molecular flexibility index (Phi) is 3.39. The van der Waals surface area contributed by atoms with Gasteiger partial charge in [0.25, 0.3) is 0 Å². The third-order valence-corrected chi connectivity index (χ3v) is 5.16. The maximum absolute atomic E-state index is 4.47. The molecule has 3 heteroatoms.